The van der Waals surface area contributed by atoms with E-state index in [0.29, 0.717) is 0 Å². The van der Waals surface area contributed by atoms with Crippen molar-refractivity contribution in [3.8, 4) is 0 Å². The normalized spacial score (nSPS) is 12.8. The van der Waals surface area contributed by atoms with Crippen LogP contribution in [0.2, 0.25) is 0 Å². The zero-order valence-corrected chi connectivity index (χ0v) is 14.0. The number of hydrogen-bond acceptors (Lipinski definition) is 3. The van der Waals surface area contributed by atoms with E-state index < -0.39 is 0 Å². The van der Waals surface area contributed by atoms with Crippen molar-refractivity contribution >= 4 is 27.3 Å². The van der Waals surface area contributed by atoms with Gasteiger partial charge in [-0.3, -0.25) is 0 Å². The van der Waals surface area contributed by atoms with E-state index >= 15 is 0 Å². The Morgan fingerprint density at radius 2 is 2.21 bits per heavy atom. The van der Waals surface area contributed by atoms with E-state index in [1.165, 1.54) is 19.8 Å². The quantitative estimate of drug-likeness (QED) is 0.793. The van der Waals surface area contributed by atoms with Crippen LogP contribution in [-0.4, -0.2) is 6.54 Å². The van der Waals surface area contributed by atoms with Crippen molar-refractivity contribution in [3.05, 3.63) is 43.9 Å². The fourth-order valence-corrected chi connectivity index (χ4v) is 3.84. The average Bonchev–Trinajstić information content (AvgIpc) is 2.98. The molecular weight excluding hydrogens is 322 g/mol. The van der Waals surface area contributed by atoms with Crippen LogP contribution in [0.1, 0.15) is 48.1 Å². The molecule has 0 fully saturated rings. The standard InChI is InChI=1S/C15H20BrNOS/c1-4-7-17-14(11-6-8-18-12(11)5-2)13-9-10(3)15(16)19-13/h6,8-9,14,17H,4-5,7H2,1-3H3. The van der Waals surface area contributed by atoms with Gasteiger partial charge in [-0.25, -0.2) is 0 Å². The molecule has 2 rings (SSSR count). The molecule has 2 nitrogen and oxygen atoms in total. The summed E-state index contributed by atoms with van der Waals surface area (Å²) >= 11 is 5.42. The summed E-state index contributed by atoms with van der Waals surface area (Å²) in [4.78, 5) is 1.34. The number of halogens is 1. The van der Waals surface area contributed by atoms with Gasteiger partial charge in [-0.15, -0.1) is 11.3 Å². The summed E-state index contributed by atoms with van der Waals surface area (Å²) in [5, 5.41) is 3.63. The van der Waals surface area contributed by atoms with Gasteiger partial charge in [0.2, 0.25) is 0 Å². The number of rotatable bonds is 6. The minimum absolute atomic E-state index is 0.239. The average molecular weight is 342 g/mol. The van der Waals surface area contributed by atoms with Crippen LogP contribution in [-0.2, 0) is 6.42 Å². The molecule has 4 heteroatoms. The Morgan fingerprint density at radius 1 is 1.42 bits per heavy atom. The van der Waals surface area contributed by atoms with Crippen molar-refractivity contribution in [3.63, 3.8) is 0 Å². The van der Waals surface area contributed by atoms with E-state index in [1.807, 2.05) is 0 Å². The van der Waals surface area contributed by atoms with Crippen molar-refractivity contribution in [2.75, 3.05) is 6.54 Å². The molecule has 2 aromatic rings. The Bertz CT molecular complexity index is 512. The van der Waals surface area contributed by atoms with Gasteiger partial charge in [0.05, 0.1) is 16.1 Å². The zero-order chi connectivity index (χ0) is 13.8. The molecule has 104 valence electrons. The van der Waals surface area contributed by atoms with Crippen molar-refractivity contribution in [1.29, 1.82) is 0 Å². The predicted molar refractivity (Wildman–Crippen MR) is 85.0 cm³/mol. The lowest BCUT2D eigenvalue weighted by Gasteiger charge is -2.17. The van der Waals surface area contributed by atoms with Gasteiger partial charge in [-0.1, -0.05) is 13.8 Å². The first-order chi connectivity index (χ1) is 9.17. The first-order valence-electron chi connectivity index (χ1n) is 6.72. The summed E-state index contributed by atoms with van der Waals surface area (Å²) in [6.45, 7) is 7.47. The van der Waals surface area contributed by atoms with Gasteiger partial charge in [0.1, 0.15) is 5.76 Å². The van der Waals surface area contributed by atoms with Crippen molar-refractivity contribution < 1.29 is 4.42 Å². The predicted octanol–water partition coefficient (Wildman–Crippen LogP) is 5.06. The number of furan rings is 1. The lowest BCUT2D eigenvalue weighted by atomic mass is 10.0. The maximum absolute atomic E-state index is 5.59. The van der Waals surface area contributed by atoms with Gasteiger partial charge < -0.3 is 9.73 Å². The molecule has 0 spiro atoms. The highest BCUT2D eigenvalue weighted by Gasteiger charge is 2.21. The largest absolute Gasteiger partial charge is 0.469 e. The molecular formula is C15H20BrNOS. The van der Waals surface area contributed by atoms with Gasteiger partial charge in [0.15, 0.2) is 0 Å². The summed E-state index contributed by atoms with van der Waals surface area (Å²) in [7, 11) is 0. The topological polar surface area (TPSA) is 25.2 Å². The van der Waals surface area contributed by atoms with E-state index in [4.69, 9.17) is 4.42 Å². The van der Waals surface area contributed by atoms with E-state index in [1.54, 1.807) is 17.6 Å². The highest BCUT2D eigenvalue weighted by molar-refractivity contribution is 9.11. The van der Waals surface area contributed by atoms with Gasteiger partial charge in [0, 0.05) is 16.9 Å². The molecule has 1 unspecified atom stereocenters. The van der Waals surface area contributed by atoms with Crippen LogP contribution < -0.4 is 5.32 Å². The molecule has 0 amide bonds. The maximum atomic E-state index is 5.59. The Balaban J connectivity index is 2.35. The molecule has 0 aliphatic rings. The Morgan fingerprint density at radius 3 is 2.79 bits per heavy atom. The van der Waals surface area contributed by atoms with Crippen LogP contribution in [0.15, 0.2) is 26.6 Å². The summed E-state index contributed by atoms with van der Waals surface area (Å²) in [6, 6.07) is 4.59. The van der Waals surface area contributed by atoms with Crippen molar-refractivity contribution in [2.45, 2.75) is 39.7 Å². The molecule has 0 radical (unpaired) electrons. The van der Waals surface area contributed by atoms with E-state index in [2.05, 4.69) is 54.2 Å². The Kier molecular flexibility index (Phi) is 5.25. The highest BCUT2D eigenvalue weighted by atomic mass is 79.9. The van der Waals surface area contributed by atoms with Crippen LogP contribution in [0.3, 0.4) is 0 Å². The van der Waals surface area contributed by atoms with Gasteiger partial charge in [0.25, 0.3) is 0 Å². The monoisotopic (exact) mass is 341 g/mol. The molecule has 0 saturated carbocycles. The highest BCUT2D eigenvalue weighted by Crippen LogP contribution is 2.35. The Labute approximate surface area is 127 Å². The molecule has 1 atom stereocenters. The zero-order valence-electron chi connectivity index (χ0n) is 11.6. The number of hydrogen-bond donors (Lipinski definition) is 1. The SMILES string of the molecule is CCCNC(c1cc(C)c(Br)s1)c1ccoc1CC. The third-order valence-electron chi connectivity index (χ3n) is 3.17. The first kappa shape index (κ1) is 14.8. The minimum Gasteiger partial charge on any atom is -0.469 e. The molecule has 2 aromatic heterocycles. The van der Waals surface area contributed by atoms with Crippen LogP contribution in [0, 0.1) is 6.92 Å². The summed E-state index contributed by atoms with van der Waals surface area (Å²) in [6.07, 6.45) is 3.85. The van der Waals surface area contributed by atoms with Crippen LogP contribution in [0.5, 0.6) is 0 Å². The van der Waals surface area contributed by atoms with Crippen molar-refractivity contribution in [1.82, 2.24) is 5.32 Å². The summed E-state index contributed by atoms with van der Waals surface area (Å²) < 4.78 is 6.80. The third-order valence-corrected chi connectivity index (χ3v) is 5.37. The summed E-state index contributed by atoms with van der Waals surface area (Å²) in [5.41, 5.74) is 2.56. The summed E-state index contributed by atoms with van der Waals surface area (Å²) in [5.74, 6) is 1.08. The van der Waals surface area contributed by atoms with Gasteiger partial charge in [-0.05, 0) is 53.5 Å². The molecule has 2 heterocycles. The molecule has 0 aliphatic carbocycles. The fourth-order valence-electron chi connectivity index (χ4n) is 2.17. The molecule has 1 N–H and O–H groups in total. The minimum atomic E-state index is 0.239. The van der Waals surface area contributed by atoms with Crippen LogP contribution >= 0.6 is 27.3 Å². The Hall–Kier alpha value is -0.580. The molecule has 0 saturated heterocycles. The van der Waals surface area contributed by atoms with Crippen LogP contribution in [0.4, 0.5) is 0 Å². The molecule has 0 aromatic carbocycles. The number of aryl methyl sites for hydroxylation is 2. The smallest absolute Gasteiger partial charge is 0.108 e. The number of thiophene rings is 1. The van der Waals surface area contributed by atoms with E-state index in [-0.39, 0.29) is 6.04 Å². The maximum Gasteiger partial charge on any atom is 0.108 e. The second-order valence-corrected chi connectivity index (χ2v) is 7.05. The number of nitrogens with one attached hydrogen (secondary N) is 1. The second-order valence-electron chi connectivity index (χ2n) is 4.65. The van der Waals surface area contributed by atoms with Gasteiger partial charge in [-0.2, -0.15) is 0 Å². The molecule has 0 aliphatic heterocycles. The van der Waals surface area contributed by atoms with E-state index in [9.17, 15) is 0 Å². The second kappa shape index (κ2) is 6.73. The lowest BCUT2D eigenvalue weighted by Crippen LogP contribution is -2.22. The lowest BCUT2D eigenvalue weighted by molar-refractivity contribution is 0.501. The molecule has 19 heavy (non-hydrogen) atoms. The van der Waals surface area contributed by atoms with Gasteiger partial charge >= 0.3 is 0 Å². The van der Waals surface area contributed by atoms with E-state index in [0.717, 1.165) is 25.1 Å². The fraction of sp³-hybridized carbons (Fsp3) is 0.467. The van der Waals surface area contributed by atoms with Crippen molar-refractivity contribution in [2.24, 2.45) is 0 Å². The first-order valence-corrected chi connectivity index (χ1v) is 8.33. The third kappa shape index (κ3) is 3.30. The van der Waals surface area contributed by atoms with Crippen LogP contribution in [0.25, 0.3) is 0 Å². The molecule has 0 bridgehead atoms.